The minimum absolute atomic E-state index is 0.349. The van der Waals surface area contributed by atoms with E-state index in [1.165, 1.54) is 6.20 Å². The molecular weight excluding hydrogens is 366 g/mol. The van der Waals surface area contributed by atoms with E-state index >= 15 is 0 Å². The quantitative estimate of drug-likeness (QED) is 0.667. The van der Waals surface area contributed by atoms with Crippen LogP contribution in [0, 0.1) is 37.0 Å². The van der Waals surface area contributed by atoms with Gasteiger partial charge >= 0.3 is 0 Å². The summed E-state index contributed by atoms with van der Waals surface area (Å²) in [6, 6.07) is 6.08. The highest BCUT2D eigenvalue weighted by Gasteiger charge is 2.41. The zero-order valence-electron chi connectivity index (χ0n) is 16.4. The topological polar surface area (TPSA) is 99.7 Å². The number of hydrogen-bond acceptors (Lipinski definition) is 8. The summed E-state index contributed by atoms with van der Waals surface area (Å²) in [7, 11) is 0. The molecule has 2 fully saturated rings. The molecule has 2 saturated heterocycles. The van der Waals surface area contributed by atoms with Crippen LogP contribution in [0.25, 0.3) is 5.82 Å². The van der Waals surface area contributed by atoms with Gasteiger partial charge in [0, 0.05) is 49.8 Å². The molecule has 0 saturated carbocycles. The maximum atomic E-state index is 8.88. The first kappa shape index (κ1) is 17.6. The SMILES string of the molecule is Cc1cc(C)n(-c2cc(N3CC4CN(c5cnc(C#N)cn5)CC4C3)ncn2)n1. The molecule has 3 aromatic rings. The van der Waals surface area contributed by atoms with Gasteiger partial charge in [-0.3, -0.25) is 0 Å². The summed E-state index contributed by atoms with van der Waals surface area (Å²) in [6.07, 6.45) is 4.85. The van der Waals surface area contributed by atoms with Crippen LogP contribution in [0.1, 0.15) is 17.1 Å². The number of aromatic nitrogens is 6. The molecule has 2 atom stereocenters. The van der Waals surface area contributed by atoms with E-state index in [1.54, 1.807) is 12.5 Å². The Labute approximate surface area is 168 Å². The molecule has 2 unspecified atom stereocenters. The highest BCUT2D eigenvalue weighted by Crippen LogP contribution is 2.35. The first-order valence-electron chi connectivity index (χ1n) is 9.68. The van der Waals surface area contributed by atoms with Gasteiger partial charge in [0.15, 0.2) is 11.5 Å². The van der Waals surface area contributed by atoms with Gasteiger partial charge in [0.2, 0.25) is 0 Å². The van der Waals surface area contributed by atoms with E-state index in [1.807, 2.05) is 36.7 Å². The van der Waals surface area contributed by atoms with Crippen molar-refractivity contribution in [3.63, 3.8) is 0 Å². The number of fused-ring (bicyclic) bond motifs is 1. The van der Waals surface area contributed by atoms with E-state index in [4.69, 9.17) is 5.26 Å². The number of anilines is 2. The number of hydrogen-bond donors (Lipinski definition) is 0. The van der Waals surface area contributed by atoms with Crippen LogP contribution in [0.4, 0.5) is 11.6 Å². The number of nitriles is 1. The second-order valence-electron chi connectivity index (χ2n) is 7.78. The Morgan fingerprint density at radius 1 is 0.862 bits per heavy atom. The van der Waals surface area contributed by atoms with Crippen molar-refractivity contribution in [2.75, 3.05) is 36.0 Å². The maximum Gasteiger partial charge on any atom is 0.159 e. The fourth-order valence-corrected chi connectivity index (χ4v) is 4.40. The Kier molecular flexibility index (Phi) is 4.12. The third-order valence-corrected chi connectivity index (χ3v) is 5.75. The average molecular weight is 387 g/mol. The molecule has 3 aromatic heterocycles. The second-order valence-corrected chi connectivity index (χ2v) is 7.78. The minimum Gasteiger partial charge on any atom is -0.356 e. The van der Waals surface area contributed by atoms with E-state index in [9.17, 15) is 0 Å². The summed E-state index contributed by atoms with van der Waals surface area (Å²) in [5.41, 5.74) is 2.38. The molecule has 5 rings (SSSR count). The van der Waals surface area contributed by atoms with Crippen LogP contribution < -0.4 is 9.80 Å². The van der Waals surface area contributed by atoms with Crippen molar-refractivity contribution in [3.05, 3.63) is 47.9 Å². The van der Waals surface area contributed by atoms with Crippen LogP contribution in [0.2, 0.25) is 0 Å². The minimum atomic E-state index is 0.349. The van der Waals surface area contributed by atoms with E-state index in [-0.39, 0.29) is 0 Å². The van der Waals surface area contributed by atoms with Crippen molar-refractivity contribution >= 4 is 11.6 Å². The molecule has 0 amide bonds. The molecule has 0 aliphatic carbocycles. The van der Waals surface area contributed by atoms with Gasteiger partial charge in [0.25, 0.3) is 0 Å². The molecule has 0 bridgehead atoms. The number of aryl methyl sites for hydroxylation is 2. The van der Waals surface area contributed by atoms with Crippen molar-refractivity contribution in [1.29, 1.82) is 5.26 Å². The Bertz CT molecular complexity index is 1070. The van der Waals surface area contributed by atoms with E-state index in [0.29, 0.717) is 17.5 Å². The van der Waals surface area contributed by atoms with Crippen LogP contribution in [-0.2, 0) is 0 Å². The van der Waals surface area contributed by atoms with Gasteiger partial charge in [-0.1, -0.05) is 0 Å². The molecule has 146 valence electrons. The molecule has 0 N–H and O–H groups in total. The van der Waals surface area contributed by atoms with Crippen LogP contribution in [0.3, 0.4) is 0 Å². The molecule has 9 heteroatoms. The molecule has 0 aromatic carbocycles. The van der Waals surface area contributed by atoms with Gasteiger partial charge in [-0.25, -0.2) is 24.6 Å². The third kappa shape index (κ3) is 3.16. The van der Waals surface area contributed by atoms with Crippen LogP contribution in [-0.4, -0.2) is 55.9 Å². The Morgan fingerprint density at radius 3 is 2.14 bits per heavy atom. The summed E-state index contributed by atoms with van der Waals surface area (Å²) in [4.78, 5) is 22.1. The van der Waals surface area contributed by atoms with Gasteiger partial charge in [-0.05, 0) is 19.9 Å². The zero-order chi connectivity index (χ0) is 20.0. The van der Waals surface area contributed by atoms with Gasteiger partial charge in [0.1, 0.15) is 24.0 Å². The molecule has 9 nitrogen and oxygen atoms in total. The first-order chi connectivity index (χ1) is 14.1. The lowest BCUT2D eigenvalue weighted by Crippen LogP contribution is -2.29. The zero-order valence-corrected chi connectivity index (χ0v) is 16.4. The van der Waals surface area contributed by atoms with E-state index in [2.05, 4.69) is 34.8 Å². The summed E-state index contributed by atoms with van der Waals surface area (Å²) < 4.78 is 1.86. The number of nitrogens with zero attached hydrogens (tertiary/aromatic N) is 9. The summed E-state index contributed by atoms with van der Waals surface area (Å²) >= 11 is 0. The highest BCUT2D eigenvalue weighted by atomic mass is 15.3. The largest absolute Gasteiger partial charge is 0.356 e. The van der Waals surface area contributed by atoms with Crippen molar-refractivity contribution in [1.82, 2.24) is 29.7 Å². The lowest BCUT2D eigenvalue weighted by molar-refractivity contribution is 0.533. The Balaban J connectivity index is 1.30. The lowest BCUT2D eigenvalue weighted by Gasteiger charge is -2.23. The van der Waals surface area contributed by atoms with Crippen molar-refractivity contribution < 1.29 is 0 Å². The van der Waals surface area contributed by atoms with Gasteiger partial charge in [0.05, 0.1) is 18.1 Å². The van der Waals surface area contributed by atoms with Crippen LogP contribution in [0.15, 0.2) is 30.9 Å². The normalized spacial score (nSPS) is 20.7. The van der Waals surface area contributed by atoms with E-state index in [0.717, 1.165) is 55.0 Å². The van der Waals surface area contributed by atoms with Crippen LogP contribution in [0.5, 0.6) is 0 Å². The molecule has 2 aliphatic heterocycles. The van der Waals surface area contributed by atoms with Gasteiger partial charge < -0.3 is 9.80 Å². The molecule has 29 heavy (non-hydrogen) atoms. The summed E-state index contributed by atoms with van der Waals surface area (Å²) in [5.74, 6) is 3.70. The standard InChI is InChI=1S/C20H21N9/c1-13-3-14(2)29(26-13)19-4-18(24-12-25-19)27-8-15-10-28(11-16(15)9-27)20-7-22-17(5-21)6-23-20/h3-4,6-7,12,15-16H,8-11H2,1-2H3. The van der Waals surface area contributed by atoms with Crippen molar-refractivity contribution in [2.24, 2.45) is 11.8 Å². The second kappa shape index (κ2) is 6.81. The maximum absolute atomic E-state index is 8.88. The van der Waals surface area contributed by atoms with Gasteiger partial charge in [-0.2, -0.15) is 10.4 Å². The lowest BCUT2D eigenvalue weighted by atomic mass is 10.0. The number of rotatable bonds is 3. The van der Waals surface area contributed by atoms with Crippen molar-refractivity contribution in [2.45, 2.75) is 13.8 Å². The van der Waals surface area contributed by atoms with Crippen LogP contribution >= 0.6 is 0 Å². The molecular formula is C20H21N9. The monoisotopic (exact) mass is 387 g/mol. The summed E-state index contributed by atoms with van der Waals surface area (Å²) in [5, 5.41) is 13.4. The fraction of sp³-hybridized carbons (Fsp3) is 0.400. The Morgan fingerprint density at radius 2 is 1.55 bits per heavy atom. The predicted molar refractivity (Wildman–Crippen MR) is 107 cm³/mol. The Hall–Kier alpha value is -3.54. The molecule has 0 radical (unpaired) electrons. The highest BCUT2D eigenvalue weighted by molar-refractivity contribution is 5.47. The van der Waals surface area contributed by atoms with E-state index < -0.39 is 0 Å². The molecule has 5 heterocycles. The summed E-state index contributed by atoms with van der Waals surface area (Å²) in [6.45, 7) is 7.81. The smallest absolute Gasteiger partial charge is 0.159 e. The molecule has 2 aliphatic rings. The molecule has 0 spiro atoms. The fourth-order valence-electron chi connectivity index (χ4n) is 4.40. The average Bonchev–Trinajstić information content (AvgIpc) is 3.41. The predicted octanol–water partition coefficient (Wildman–Crippen LogP) is 1.51. The van der Waals surface area contributed by atoms with Gasteiger partial charge in [-0.15, -0.1) is 0 Å². The van der Waals surface area contributed by atoms with Crippen molar-refractivity contribution in [3.8, 4) is 11.9 Å². The third-order valence-electron chi connectivity index (χ3n) is 5.75. The first-order valence-corrected chi connectivity index (χ1v) is 9.68.